The molecule has 0 aromatic carbocycles. The number of hydrogen-bond donors (Lipinski definition) is 2. The third-order valence-electron chi connectivity index (χ3n) is 2.40. The fraction of sp³-hybridized carbons (Fsp3) is 0.727. The maximum absolute atomic E-state index is 11.5. The highest BCUT2D eigenvalue weighted by molar-refractivity contribution is 7.99. The number of carboxylic acid groups (broad SMARTS) is 1. The molecule has 0 aliphatic rings. The molecule has 0 aliphatic carbocycles. The van der Waals surface area contributed by atoms with Crippen LogP contribution in [-0.2, 0) is 20.8 Å². The summed E-state index contributed by atoms with van der Waals surface area (Å²) in [5.74, 6) is -1.06. The lowest BCUT2D eigenvalue weighted by atomic mass is 10.3. The largest absolute Gasteiger partial charge is 0.481 e. The smallest absolute Gasteiger partial charge is 0.343 e. The Bertz CT molecular complexity index is 459. The van der Waals surface area contributed by atoms with Gasteiger partial charge >= 0.3 is 11.7 Å². The zero-order valence-electron chi connectivity index (χ0n) is 11.3. The molecule has 1 rings (SSSR count). The Morgan fingerprint density at radius 2 is 2.20 bits per heavy atom. The summed E-state index contributed by atoms with van der Waals surface area (Å²) in [6, 6.07) is 0. The van der Waals surface area contributed by atoms with Crippen LogP contribution in [0.1, 0.15) is 12.8 Å². The van der Waals surface area contributed by atoms with Gasteiger partial charge in [-0.25, -0.2) is 9.89 Å². The van der Waals surface area contributed by atoms with Gasteiger partial charge in [0.05, 0.1) is 19.0 Å². The molecular weight excluding hydrogens is 286 g/mol. The number of rotatable bonds is 11. The molecule has 0 spiro atoms. The molecule has 8 nitrogen and oxygen atoms in total. The number of nitrogens with zero attached hydrogens (tertiary/aromatic N) is 2. The highest BCUT2D eigenvalue weighted by Crippen LogP contribution is 2.13. The second kappa shape index (κ2) is 9.56. The van der Waals surface area contributed by atoms with Gasteiger partial charge in [-0.3, -0.25) is 9.36 Å². The SMILES string of the molecule is COCCOCCCCn1c(SCC(=O)O)n[nH]c1=O. The van der Waals surface area contributed by atoms with Gasteiger partial charge in [0.25, 0.3) is 0 Å². The highest BCUT2D eigenvalue weighted by atomic mass is 32.2. The van der Waals surface area contributed by atoms with E-state index in [0.29, 0.717) is 31.5 Å². The molecule has 0 fully saturated rings. The van der Waals surface area contributed by atoms with Gasteiger partial charge in [-0.15, -0.1) is 5.10 Å². The molecule has 0 radical (unpaired) electrons. The Morgan fingerprint density at radius 1 is 1.40 bits per heavy atom. The molecular formula is C11H19N3O5S. The second-order valence-corrected chi connectivity index (χ2v) is 4.90. The maximum Gasteiger partial charge on any atom is 0.343 e. The van der Waals surface area contributed by atoms with Gasteiger partial charge < -0.3 is 14.6 Å². The van der Waals surface area contributed by atoms with E-state index in [1.807, 2.05) is 0 Å². The average Bonchev–Trinajstić information content (AvgIpc) is 2.76. The van der Waals surface area contributed by atoms with Gasteiger partial charge in [-0.2, -0.15) is 0 Å². The molecule has 0 amide bonds. The van der Waals surface area contributed by atoms with E-state index >= 15 is 0 Å². The molecule has 0 aliphatic heterocycles. The monoisotopic (exact) mass is 305 g/mol. The Labute approximate surface area is 120 Å². The molecule has 0 bridgehead atoms. The van der Waals surface area contributed by atoms with Crippen LogP contribution in [0.5, 0.6) is 0 Å². The van der Waals surface area contributed by atoms with E-state index in [-0.39, 0.29) is 11.4 Å². The Morgan fingerprint density at radius 3 is 2.90 bits per heavy atom. The Hall–Kier alpha value is -1.32. The van der Waals surface area contributed by atoms with Crippen molar-refractivity contribution in [3.8, 4) is 0 Å². The van der Waals surface area contributed by atoms with Crippen molar-refractivity contribution in [2.24, 2.45) is 0 Å². The van der Waals surface area contributed by atoms with Gasteiger partial charge in [-0.1, -0.05) is 11.8 Å². The van der Waals surface area contributed by atoms with Crippen LogP contribution in [0.3, 0.4) is 0 Å². The molecule has 114 valence electrons. The van der Waals surface area contributed by atoms with E-state index < -0.39 is 5.97 Å². The van der Waals surface area contributed by atoms with Gasteiger partial charge in [0.1, 0.15) is 0 Å². The fourth-order valence-electron chi connectivity index (χ4n) is 1.46. The van der Waals surface area contributed by atoms with Crippen molar-refractivity contribution in [1.82, 2.24) is 14.8 Å². The van der Waals surface area contributed by atoms with Crippen LogP contribution in [0, 0.1) is 0 Å². The lowest BCUT2D eigenvalue weighted by molar-refractivity contribution is -0.133. The number of aromatic amines is 1. The molecule has 2 N–H and O–H groups in total. The first-order chi connectivity index (χ1) is 9.65. The van der Waals surface area contributed by atoms with E-state index in [1.54, 1.807) is 7.11 Å². The predicted octanol–water partition coefficient (Wildman–Crippen LogP) is 0.191. The van der Waals surface area contributed by atoms with Gasteiger partial charge in [0.2, 0.25) is 0 Å². The first-order valence-electron chi connectivity index (χ1n) is 6.21. The highest BCUT2D eigenvalue weighted by Gasteiger charge is 2.10. The average molecular weight is 305 g/mol. The van der Waals surface area contributed by atoms with Crippen LogP contribution in [0.25, 0.3) is 0 Å². The van der Waals surface area contributed by atoms with Crippen molar-refractivity contribution in [2.45, 2.75) is 24.5 Å². The number of carbonyl (C=O) groups is 1. The van der Waals surface area contributed by atoms with Crippen molar-refractivity contribution < 1.29 is 19.4 Å². The minimum absolute atomic E-state index is 0.121. The Kier molecular flexibility index (Phi) is 8.00. The normalized spacial score (nSPS) is 10.8. The van der Waals surface area contributed by atoms with Crippen molar-refractivity contribution in [3.63, 3.8) is 0 Å². The molecule has 1 heterocycles. The van der Waals surface area contributed by atoms with Gasteiger partial charge in [0, 0.05) is 20.3 Å². The third-order valence-corrected chi connectivity index (χ3v) is 3.36. The maximum atomic E-state index is 11.5. The number of aliphatic carboxylic acids is 1. The lowest BCUT2D eigenvalue weighted by Crippen LogP contribution is -2.18. The van der Waals surface area contributed by atoms with Crippen molar-refractivity contribution >= 4 is 17.7 Å². The van der Waals surface area contributed by atoms with Crippen LogP contribution in [0.2, 0.25) is 0 Å². The summed E-state index contributed by atoms with van der Waals surface area (Å²) in [6.45, 7) is 2.22. The van der Waals surface area contributed by atoms with Crippen molar-refractivity contribution in [1.29, 1.82) is 0 Å². The summed E-state index contributed by atoms with van der Waals surface area (Å²) in [4.78, 5) is 22.0. The number of nitrogens with one attached hydrogen (secondary N) is 1. The third kappa shape index (κ3) is 6.22. The second-order valence-electron chi connectivity index (χ2n) is 3.96. The standard InChI is InChI=1S/C11H19N3O5S/c1-18-6-7-19-5-3-2-4-14-10(17)12-13-11(14)20-8-9(15)16/h2-8H2,1H3,(H,12,17)(H,15,16). The molecule has 1 aromatic rings. The van der Waals surface area contributed by atoms with Crippen molar-refractivity contribution in [3.05, 3.63) is 10.5 Å². The summed E-state index contributed by atoms with van der Waals surface area (Å²) >= 11 is 1.02. The van der Waals surface area contributed by atoms with E-state index in [2.05, 4.69) is 10.2 Å². The topological polar surface area (TPSA) is 106 Å². The summed E-state index contributed by atoms with van der Waals surface area (Å²) in [5, 5.41) is 15.1. The number of unbranched alkanes of at least 4 members (excludes halogenated alkanes) is 1. The number of aromatic nitrogens is 3. The summed E-state index contributed by atoms with van der Waals surface area (Å²) in [7, 11) is 1.62. The minimum atomic E-state index is -0.941. The molecule has 20 heavy (non-hydrogen) atoms. The number of thioether (sulfide) groups is 1. The molecule has 1 aromatic heterocycles. The Balaban J connectivity index is 2.30. The number of hydrogen-bond acceptors (Lipinski definition) is 6. The first kappa shape index (κ1) is 16.7. The number of ether oxygens (including phenoxy) is 2. The van der Waals surface area contributed by atoms with E-state index in [4.69, 9.17) is 14.6 Å². The van der Waals surface area contributed by atoms with Gasteiger partial charge in [0.15, 0.2) is 5.16 Å². The van der Waals surface area contributed by atoms with E-state index in [1.165, 1.54) is 4.57 Å². The van der Waals surface area contributed by atoms with Crippen LogP contribution >= 0.6 is 11.8 Å². The predicted molar refractivity (Wildman–Crippen MR) is 73.1 cm³/mol. The quantitative estimate of drug-likeness (QED) is 0.444. The van der Waals surface area contributed by atoms with E-state index in [9.17, 15) is 9.59 Å². The summed E-state index contributed by atoms with van der Waals surface area (Å²) in [6.07, 6.45) is 1.57. The van der Waals surface area contributed by atoms with Crippen LogP contribution < -0.4 is 5.69 Å². The number of H-pyrrole nitrogens is 1. The van der Waals surface area contributed by atoms with Crippen LogP contribution in [-0.4, -0.2) is 58.5 Å². The van der Waals surface area contributed by atoms with E-state index in [0.717, 1.165) is 24.6 Å². The number of carboxylic acids is 1. The van der Waals surface area contributed by atoms with Crippen LogP contribution in [0.15, 0.2) is 9.95 Å². The lowest BCUT2D eigenvalue weighted by Gasteiger charge is -2.05. The van der Waals surface area contributed by atoms with Crippen LogP contribution in [0.4, 0.5) is 0 Å². The molecule has 0 atom stereocenters. The van der Waals surface area contributed by atoms with Crippen molar-refractivity contribution in [2.75, 3.05) is 32.7 Å². The summed E-state index contributed by atoms with van der Waals surface area (Å²) in [5.41, 5.74) is -0.321. The van der Waals surface area contributed by atoms with Gasteiger partial charge in [-0.05, 0) is 12.8 Å². The molecule has 9 heteroatoms. The zero-order valence-corrected chi connectivity index (χ0v) is 12.1. The fourth-order valence-corrected chi connectivity index (χ4v) is 2.15. The molecule has 0 unspecified atom stereocenters. The molecule has 0 saturated heterocycles. The zero-order chi connectivity index (χ0) is 14.8. The molecule has 0 saturated carbocycles. The minimum Gasteiger partial charge on any atom is -0.481 e. The first-order valence-corrected chi connectivity index (χ1v) is 7.20. The number of methoxy groups -OCH3 is 1. The summed E-state index contributed by atoms with van der Waals surface area (Å²) < 4.78 is 11.6.